The minimum Gasteiger partial charge on any atom is -0.303 e. The van der Waals surface area contributed by atoms with Crippen LogP contribution in [-0.4, -0.2) is 9.79 Å². The zero-order valence-electron chi connectivity index (χ0n) is 18.1. The Morgan fingerprint density at radius 3 is 2.17 bits per heavy atom. The molecule has 0 aliphatic heterocycles. The topological polar surface area (TPSA) is 66.8 Å². The first-order chi connectivity index (χ1) is 13.3. The summed E-state index contributed by atoms with van der Waals surface area (Å²) in [6, 6.07) is 12.3. The van der Waals surface area contributed by atoms with Crippen molar-refractivity contribution >= 4 is 19.5 Å². The van der Waals surface area contributed by atoms with Crippen molar-refractivity contribution in [1.29, 1.82) is 0 Å². The maximum Gasteiger partial charge on any atom is 0.469 e. The fourth-order valence-corrected chi connectivity index (χ4v) is 5.06. The summed E-state index contributed by atoms with van der Waals surface area (Å²) in [5, 5.41) is 0. The van der Waals surface area contributed by atoms with Crippen LogP contribution in [0.3, 0.4) is 0 Å². The van der Waals surface area contributed by atoms with E-state index >= 15 is 0 Å². The second-order valence-corrected chi connectivity index (χ2v) is 10.7. The number of aryl methyl sites for hydroxylation is 1. The number of hydrogen-bond donors (Lipinski definition) is 2. The van der Waals surface area contributed by atoms with Crippen LogP contribution in [0.1, 0.15) is 74.4 Å². The molecule has 0 bridgehead atoms. The first kappa shape index (κ1) is 22.0. The van der Waals surface area contributed by atoms with Gasteiger partial charge in [0.05, 0.1) is 6.61 Å². The maximum atomic E-state index is 10.8. The summed E-state index contributed by atoms with van der Waals surface area (Å²) < 4.78 is 15.4. The molecule has 2 aromatic carbocycles. The first-order valence-corrected chi connectivity index (χ1v) is 11.4. The summed E-state index contributed by atoms with van der Waals surface area (Å²) in [6.45, 7) is 13.5. The third kappa shape index (κ3) is 4.90. The van der Waals surface area contributed by atoms with Crippen LogP contribution in [0.25, 0.3) is 11.6 Å². The summed E-state index contributed by atoms with van der Waals surface area (Å²) in [5.74, 6) is 0. The van der Waals surface area contributed by atoms with Gasteiger partial charge in [-0.15, -0.1) is 0 Å². The van der Waals surface area contributed by atoms with Crippen LogP contribution in [0.15, 0.2) is 36.4 Å². The van der Waals surface area contributed by atoms with E-state index in [0.29, 0.717) is 0 Å². The molecule has 5 heteroatoms. The Bertz CT molecular complexity index is 994. The Morgan fingerprint density at radius 2 is 1.62 bits per heavy atom. The molecule has 0 amide bonds. The molecule has 2 aromatic rings. The lowest BCUT2D eigenvalue weighted by atomic mass is 9.82. The Kier molecular flexibility index (Phi) is 5.70. The van der Waals surface area contributed by atoms with E-state index in [1.54, 1.807) is 0 Å². The molecule has 156 valence electrons. The molecule has 3 rings (SSSR count). The number of rotatable bonds is 5. The molecule has 0 radical (unpaired) electrons. The van der Waals surface area contributed by atoms with Crippen LogP contribution in [0.5, 0.6) is 0 Å². The van der Waals surface area contributed by atoms with E-state index in [0.717, 1.165) is 17.5 Å². The van der Waals surface area contributed by atoms with Gasteiger partial charge in [0.1, 0.15) is 0 Å². The molecule has 1 aliphatic rings. The third-order valence-electron chi connectivity index (χ3n) is 5.89. The Labute approximate surface area is 173 Å². The first-order valence-electron chi connectivity index (χ1n) is 9.92. The van der Waals surface area contributed by atoms with E-state index in [2.05, 4.69) is 64.3 Å². The fourth-order valence-electron chi connectivity index (χ4n) is 4.74. The second-order valence-electron chi connectivity index (χ2n) is 9.49. The molecule has 2 N–H and O–H groups in total. The zero-order valence-corrected chi connectivity index (χ0v) is 19.0. The van der Waals surface area contributed by atoms with Crippen molar-refractivity contribution in [3.63, 3.8) is 0 Å². The van der Waals surface area contributed by atoms with Crippen LogP contribution in [0.4, 0.5) is 0 Å². The van der Waals surface area contributed by atoms with Crippen molar-refractivity contribution in [3.8, 4) is 0 Å². The summed E-state index contributed by atoms with van der Waals surface area (Å²) >= 11 is 0. The summed E-state index contributed by atoms with van der Waals surface area (Å²) in [6.07, 6.45) is 3.30. The molecule has 0 atom stereocenters. The zero-order chi connectivity index (χ0) is 21.6. The quantitative estimate of drug-likeness (QED) is 0.457. The van der Waals surface area contributed by atoms with Gasteiger partial charge in [-0.25, -0.2) is 4.57 Å². The van der Waals surface area contributed by atoms with Crippen molar-refractivity contribution in [1.82, 2.24) is 0 Å². The number of phosphoric acid groups is 1. The highest BCUT2D eigenvalue weighted by atomic mass is 31.2. The predicted octanol–water partition coefficient (Wildman–Crippen LogP) is 6.12. The number of phosphoric ester groups is 1. The highest BCUT2D eigenvalue weighted by Crippen LogP contribution is 2.50. The predicted molar refractivity (Wildman–Crippen MR) is 119 cm³/mol. The smallest absolute Gasteiger partial charge is 0.303 e. The summed E-state index contributed by atoms with van der Waals surface area (Å²) in [7, 11) is -4.45. The summed E-state index contributed by atoms with van der Waals surface area (Å²) in [5.41, 5.74) is 8.80. The molecule has 0 saturated carbocycles. The van der Waals surface area contributed by atoms with E-state index in [1.807, 2.05) is 24.3 Å². The molecule has 4 nitrogen and oxygen atoms in total. The van der Waals surface area contributed by atoms with Gasteiger partial charge in [-0.3, -0.25) is 4.52 Å². The monoisotopic (exact) mass is 414 g/mol. The van der Waals surface area contributed by atoms with Crippen LogP contribution in [-0.2, 0) is 26.5 Å². The minimum absolute atomic E-state index is 0.109. The molecule has 0 heterocycles. The van der Waals surface area contributed by atoms with Crippen LogP contribution in [0.2, 0.25) is 0 Å². The standard InChI is InChI=1S/C24H31O4P/c1-16(11-18-7-9-19(10-8-18)14-28-29(25,26)27)20-13-22-21(12-17(20)2)23(3,4)15-24(22,5)6/h7-13H,14-15H2,1-6H3,(H2,25,26,27). The lowest BCUT2D eigenvalue weighted by Gasteiger charge is -2.22. The van der Waals surface area contributed by atoms with Gasteiger partial charge in [0.25, 0.3) is 0 Å². The molecule has 0 unspecified atom stereocenters. The van der Waals surface area contributed by atoms with Crippen molar-refractivity contribution < 1.29 is 18.9 Å². The van der Waals surface area contributed by atoms with Gasteiger partial charge in [-0.05, 0) is 70.1 Å². The fraction of sp³-hybridized carbons (Fsp3) is 0.417. The molecule has 29 heavy (non-hydrogen) atoms. The second kappa shape index (κ2) is 7.52. The van der Waals surface area contributed by atoms with E-state index in [9.17, 15) is 4.57 Å². The Balaban J connectivity index is 1.88. The van der Waals surface area contributed by atoms with Crippen LogP contribution >= 0.6 is 7.82 Å². The number of fused-ring (bicyclic) bond motifs is 1. The molecule has 1 aliphatic carbocycles. The van der Waals surface area contributed by atoms with Crippen molar-refractivity contribution in [3.05, 3.63) is 69.8 Å². The molecular weight excluding hydrogens is 383 g/mol. The van der Waals surface area contributed by atoms with Crippen molar-refractivity contribution in [2.45, 2.75) is 65.4 Å². The molecule has 0 aromatic heterocycles. The summed E-state index contributed by atoms with van der Waals surface area (Å²) in [4.78, 5) is 17.6. The number of benzene rings is 2. The van der Waals surface area contributed by atoms with Crippen molar-refractivity contribution in [2.24, 2.45) is 0 Å². The van der Waals surface area contributed by atoms with Crippen LogP contribution in [0, 0.1) is 6.92 Å². The van der Waals surface area contributed by atoms with Crippen molar-refractivity contribution in [2.75, 3.05) is 0 Å². The molecule has 0 spiro atoms. The van der Waals surface area contributed by atoms with Gasteiger partial charge >= 0.3 is 7.82 Å². The number of hydrogen-bond acceptors (Lipinski definition) is 2. The van der Waals surface area contributed by atoms with Gasteiger partial charge in [-0.1, -0.05) is 70.2 Å². The van der Waals surface area contributed by atoms with E-state index in [4.69, 9.17) is 9.79 Å². The Hall–Kier alpha value is -1.71. The SMILES string of the molecule is CC(=Cc1ccc(COP(=O)(O)O)cc1)c1cc2c(cc1C)C(C)(C)CC2(C)C. The van der Waals surface area contributed by atoms with Gasteiger partial charge in [0.2, 0.25) is 0 Å². The molecular formula is C24H31O4P. The molecule has 0 saturated heterocycles. The van der Waals surface area contributed by atoms with Gasteiger partial charge < -0.3 is 9.79 Å². The maximum absolute atomic E-state index is 10.8. The lowest BCUT2D eigenvalue weighted by molar-refractivity contribution is 0.189. The number of allylic oxidation sites excluding steroid dienone is 1. The van der Waals surface area contributed by atoms with Gasteiger partial charge in [0.15, 0.2) is 0 Å². The lowest BCUT2D eigenvalue weighted by Crippen LogP contribution is -2.17. The average Bonchev–Trinajstić information content (AvgIpc) is 2.76. The van der Waals surface area contributed by atoms with Gasteiger partial charge in [-0.2, -0.15) is 0 Å². The van der Waals surface area contributed by atoms with E-state index in [-0.39, 0.29) is 17.4 Å². The minimum atomic E-state index is -4.45. The van der Waals surface area contributed by atoms with Crippen LogP contribution < -0.4 is 0 Å². The average molecular weight is 414 g/mol. The highest BCUT2D eigenvalue weighted by molar-refractivity contribution is 7.46. The van der Waals surface area contributed by atoms with E-state index < -0.39 is 7.82 Å². The largest absolute Gasteiger partial charge is 0.469 e. The van der Waals surface area contributed by atoms with E-state index in [1.165, 1.54) is 27.8 Å². The highest BCUT2D eigenvalue weighted by Gasteiger charge is 2.42. The van der Waals surface area contributed by atoms with Gasteiger partial charge in [0, 0.05) is 0 Å². The third-order valence-corrected chi connectivity index (χ3v) is 6.36. The molecule has 0 fully saturated rings. The normalized spacial score (nSPS) is 18.0. The Morgan fingerprint density at radius 1 is 1.07 bits per heavy atom.